The molecule has 25 heavy (non-hydrogen) atoms. The average molecular weight is 364 g/mol. The van der Waals surface area contributed by atoms with Crippen LogP contribution in [0.5, 0.6) is 0 Å². The van der Waals surface area contributed by atoms with Crippen molar-refractivity contribution < 1.29 is 8.42 Å². The van der Waals surface area contributed by atoms with Gasteiger partial charge < -0.3 is 0 Å². The Balaban J connectivity index is 1.70. The van der Waals surface area contributed by atoms with E-state index in [1.807, 2.05) is 19.1 Å². The van der Waals surface area contributed by atoms with Crippen molar-refractivity contribution >= 4 is 10.2 Å². The molecule has 0 saturated carbocycles. The van der Waals surface area contributed by atoms with Crippen LogP contribution in [-0.4, -0.2) is 46.0 Å². The Morgan fingerprint density at radius 1 is 1.36 bits per heavy atom. The molecule has 1 saturated heterocycles. The highest BCUT2D eigenvalue weighted by Gasteiger charge is 2.28. The number of nitrogens with one attached hydrogen (secondary N) is 2. The Morgan fingerprint density at radius 2 is 2.08 bits per heavy atom. The molecule has 1 atom stereocenters. The van der Waals surface area contributed by atoms with Crippen LogP contribution in [0.3, 0.4) is 0 Å². The number of aromatic amines is 1. The highest BCUT2D eigenvalue weighted by Crippen LogP contribution is 2.20. The summed E-state index contributed by atoms with van der Waals surface area (Å²) in [6, 6.07) is 3.28. The van der Waals surface area contributed by atoms with Gasteiger partial charge in [-0.15, -0.1) is 0 Å². The lowest BCUT2D eigenvalue weighted by atomic mass is 10.0. The molecule has 1 aliphatic rings. The van der Waals surface area contributed by atoms with Crippen molar-refractivity contribution in [1.29, 1.82) is 0 Å². The van der Waals surface area contributed by atoms with Gasteiger partial charge in [-0.3, -0.25) is 10.1 Å². The number of hydrogen-bond donors (Lipinski definition) is 2. The van der Waals surface area contributed by atoms with E-state index in [0.717, 1.165) is 18.4 Å². The number of hydrogen-bond acceptors (Lipinski definition) is 5. The molecule has 0 amide bonds. The maximum atomic E-state index is 12.5. The first-order chi connectivity index (χ1) is 11.8. The van der Waals surface area contributed by atoms with Crippen LogP contribution in [0, 0.1) is 12.8 Å². The highest BCUT2D eigenvalue weighted by molar-refractivity contribution is 7.87. The summed E-state index contributed by atoms with van der Waals surface area (Å²) in [5, 5.41) is 6.96. The van der Waals surface area contributed by atoms with E-state index in [4.69, 9.17) is 0 Å². The van der Waals surface area contributed by atoms with Gasteiger partial charge >= 0.3 is 0 Å². The smallest absolute Gasteiger partial charge is 0.261 e. The summed E-state index contributed by atoms with van der Waals surface area (Å²) in [7, 11) is -3.54. The standard InChI is InChI=1S/C16H24N6O2S/c1-11-5-8-22(9-6-11)25(23,24)21-13(3)15-18-16(20-19-15)14-10-12(2)4-7-17-14/h4,7,10-11,13,21H,5-6,8-9H2,1-3H3,(H,18,19,20). The molecule has 136 valence electrons. The molecule has 3 heterocycles. The highest BCUT2D eigenvalue weighted by atomic mass is 32.2. The molecule has 0 aromatic carbocycles. The monoisotopic (exact) mass is 364 g/mol. The summed E-state index contributed by atoms with van der Waals surface area (Å²) >= 11 is 0. The quantitative estimate of drug-likeness (QED) is 0.842. The van der Waals surface area contributed by atoms with Crippen molar-refractivity contribution in [2.75, 3.05) is 13.1 Å². The maximum absolute atomic E-state index is 12.5. The lowest BCUT2D eigenvalue weighted by Gasteiger charge is -2.30. The largest absolute Gasteiger partial charge is 0.280 e. The number of H-pyrrole nitrogens is 1. The minimum absolute atomic E-state index is 0.455. The SMILES string of the molecule is Cc1ccnc(-c2n[nH]c(C(C)NS(=O)(=O)N3CCC(C)CC3)n2)c1. The molecule has 0 radical (unpaired) electrons. The molecule has 0 spiro atoms. The zero-order valence-corrected chi connectivity index (χ0v) is 15.5. The Hall–Kier alpha value is -1.84. The van der Waals surface area contributed by atoms with E-state index in [1.54, 1.807) is 13.1 Å². The topological polar surface area (TPSA) is 104 Å². The van der Waals surface area contributed by atoms with E-state index in [0.29, 0.717) is 36.4 Å². The fourth-order valence-corrected chi connectivity index (χ4v) is 4.22. The van der Waals surface area contributed by atoms with E-state index >= 15 is 0 Å². The Bertz CT molecular complexity index is 827. The van der Waals surface area contributed by atoms with Crippen LogP contribution in [0.25, 0.3) is 11.5 Å². The van der Waals surface area contributed by atoms with Crippen LogP contribution in [0.4, 0.5) is 0 Å². The average Bonchev–Trinajstić information content (AvgIpc) is 3.05. The first-order valence-electron chi connectivity index (χ1n) is 8.48. The van der Waals surface area contributed by atoms with Crippen molar-refractivity contribution in [2.45, 2.75) is 39.7 Å². The molecular formula is C16H24N6O2S. The molecule has 2 aromatic rings. The second kappa shape index (κ2) is 7.19. The van der Waals surface area contributed by atoms with E-state index in [9.17, 15) is 8.42 Å². The predicted octanol–water partition coefficient (Wildman–Crippen LogP) is 1.80. The first kappa shape index (κ1) is 18.0. The predicted molar refractivity (Wildman–Crippen MR) is 94.8 cm³/mol. The fraction of sp³-hybridized carbons (Fsp3) is 0.562. The van der Waals surface area contributed by atoms with Crippen LogP contribution in [0.1, 0.15) is 44.1 Å². The molecule has 3 rings (SSSR count). The first-order valence-corrected chi connectivity index (χ1v) is 9.92. The van der Waals surface area contributed by atoms with Crippen LogP contribution in [-0.2, 0) is 10.2 Å². The van der Waals surface area contributed by atoms with Gasteiger partial charge in [0.15, 0.2) is 5.82 Å². The van der Waals surface area contributed by atoms with Crippen molar-refractivity contribution in [3.63, 3.8) is 0 Å². The summed E-state index contributed by atoms with van der Waals surface area (Å²) in [6.45, 7) is 6.97. The summed E-state index contributed by atoms with van der Waals surface area (Å²) in [6.07, 6.45) is 3.48. The second-order valence-electron chi connectivity index (χ2n) is 6.69. The van der Waals surface area contributed by atoms with Crippen LogP contribution in [0.2, 0.25) is 0 Å². The van der Waals surface area contributed by atoms with Crippen LogP contribution in [0.15, 0.2) is 18.3 Å². The third kappa shape index (κ3) is 4.23. The van der Waals surface area contributed by atoms with Crippen LogP contribution < -0.4 is 4.72 Å². The normalized spacial score (nSPS) is 18.4. The summed E-state index contributed by atoms with van der Waals surface area (Å²) in [5.41, 5.74) is 1.71. The van der Waals surface area contributed by atoms with E-state index in [2.05, 4.69) is 31.8 Å². The number of nitrogens with zero attached hydrogens (tertiary/aromatic N) is 4. The Labute approximate surface area is 148 Å². The molecular weight excluding hydrogens is 340 g/mol. The molecule has 9 heteroatoms. The summed E-state index contributed by atoms with van der Waals surface area (Å²) < 4.78 is 29.3. The number of aromatic nitrogens is 4. The van der Waals surface area contributed by atoms with Crippen molar-refractivity contribution in [3.8, 4) is 11.5 Å². The van der Waals surface area contributed by atoms with Gasteiger partial charge in [0.2, 0.25) is 0 Å². The zero-order chi connectivity index (χ0) is 18.0. The van der Waals surface area contributed by atoms with Crippen molar-refractivity contribution in [1.82, 2.24) is 29.2 Å². The van der Waals surface area contributed by atoms with Crippen molar-refractivity contribution in [3.05, 3.63) is 29.7 Å². The third-order valence-electron chi connectivity index (χ3n) is 4.47. The summed E-state index contributed by atoms with van der Waals surface area (Å²) in [5.74, 6) is 1.49. The molecule has 2 aromatic heterocycles. The van der Waals surface area contributed by atoms with Gasteiger partial charge in [-0.25, -0.2) is 4.98 Å². The Kier molecular flexibility index (Phi) is 5.16. The number of rotatable bonds is 5. The minimum Gasteiger partial charge on any atom is -0.261 e. The maximum Gasteiger partial charge on any atom is 0.280 e. The molecule has 1 fully saturated rings. The van der Waals surface area contributed by atoms with Crippen LogP contribution >= 0.6 is 0 Å². The van der Waals surface area contributed by atoms with Gasteiger partial charge in [-0.05, 0) is 50.3 Å². The molecule has 1 aliphatic heterocycles. The van der Waals surface area contributed by atoms with Gasteiger partial charge in [0, 0.05) is 19.3 Å². The Morgan fingerprint density at radius 3 is 2.76 bits per heavy atom. The summed E-state index contributed by atoms with van der Waals surface area (Å²) in [4.78, 5) is 8.63. The van der Waals surface area contributed by atoms with Gasteiger partial charge in [-0.2, -0.15) is 22.5 Å². The zero-order valence-electron chi connectivity index (χ0n) is 14.7. The number of pyridine rings is 1. The lowest BCUT2D eigenvalue weighted by Crippen LogP contribution is -2.45. The number of aryl methyl sites for hydroxylation is 1. The minimum atomic E-state index is -3.54. The molecule has 0 bridgehead atoms. The third-order valence-corrected chi connectivity index (χ3v) is 6.16. The van der Waals surface area contributed by atoms with E-state index < -0.39 is 16.3 Å². The molecule has 0 aliphatic carbocycles. The number of piperidine rings is 1. The van der Waals surface area contributed by atoms with Gasteiger partial charge in [0.25, 0.3) is 10.2 Å². The van der Waals surface area contributed by atoms with Crippen molar-refractivity contribution in [2.24, 2.45) is 5.92 Å². The fourth-order valence-electron chi connectivity index (χ4n) is 2.82. The van der Waals surface area contributed by atoms with E-state index in [1.165, 1.54) is 4.31 Å². The molecule has 1 unspecified atom stereocenters. The van der Waals surface area contributed by atoms with Gasteiger partial charge in [0.05, 0.1) is 6.04 Å². The molecule has 8 nitrogen and oxygen atoms in total. The van der Waals surface area contributed by atoms with Gasteiger partial charge in [0.1, 0.15) is 11.5 Å². The van der Waals surface area contributed by atoms with E-state index in [-0.39, 0.29) is 0 Å². The lowest BCUT2D eigenvalue weighted by molar-refractivity contribution is 0.283. The van der Waals surface area contributed by atoms with Gasteiger partial charge in [-0.1, -0.05) is 6.92 Å². The second-order valence-corrected chi connectivity index (χ2v) is 8.39. The molecule has 2 N–H and O–H groups in total.